The molecular weight excluding hydrogens is 414 g/mol. The van der Waals surface area contributed by atoms with Gasteiger partial charge < -0.3 is 20.3 Å². The van der Waals surface area contributed by atoms with Crippen LogP contribution >= 0.6 is 0 Å². The smallest absolute Gasteiger partial charge is 0.224 e. The first kappa shape index (κ1) is 25.8. The van der Waals surface area contributed by atoms with Crippen molar-refractivity contribution in [3.8, 4) is 5.75 Å². The third-order valence-corrected chi connectivity index (χ3v) is 7.29. The summed E-state index contributed by atoms with van der Waals surface area (Å²) in [6.45, 7) is 2.22. The van der Waals surface area contributed by atoms with Crippen LogP contribution in [0.4, 0.5) is 5.69 Å². The van der Waals surface area contributed by atoms with Crippen molar-refractivity contribution in [2.45, 2.75) is 109 Å². The van der Waals surface area contributed by atoms with Crippen molar-refractivity contribution >= 4 is 11.6 Å². The Morgan fingerprint density at radius 3 is 2.73 bits per heavy atom. The number of benzene rings is 1. The number of phenolic OH excluding ortho intramolecular Hbond substituents is 1. The number of aliphatic hydroxyl groups is 1. The molecule has 2 bridgehead atoms. The number of rotatable bonds is 15. The molecule has 2 saturated heterocycles. The van der Waals surface area contributed by atoms with Crippen LogP contribution in [0.5, 0.6) is 5.75 Å². The lowest BCUT2D eigenvalue weighted by molar-refractivity contribution is -0.116. The van der Waals surface area contributed by atoms with E-state index in [4.69, 9.17) is 4.74 Å². The van der Waals surface area contributed by atoms with E-state index in [9.17, 15) is 15.0 Å². The summed E-state index contributed by atoms with van der Waals surface area (Å²) in [5.41, 5.74) is 0.629. The van der Waals surface area contributed by atoms with E-state index >= 15 is 0 Å². The molecule has 2 heterocycles. The fourth-order valence-electron chi connectivity index (χ4n) is 5.49. The molecule has 5 heteroatoms. The molecule has 1 unspecified atom stereocenters. The molecule has 2 aliphatic rings. The van der Waals surface area contributed by atoms with Crippen LogP contribution in [0.1, 0.15) is 90.4 Å². The average Bonchev–Trinajstić information content (AvgIpc) is 3.39. The predicted molar refractivity (Wildman–Crippen MR) is 133 cm³/mol. The van der Waals surface area contributed by atoms with Gasteiger partial charge in [-0.25, -0.2) is 0 Å². The number of phenols is 1. The van der Waals surface area contributed by atoms with Gasteiger partial charge in [0.1, 0.15) is 5.75 Å². The van der Waals surface area contributed by atoms with Gasteiger partial charge in [0.05, 0.1) is 18.3 Å². The van der Waals surface area contributed by atoms with Crippen molar-refractivity contribution in [2.75, 3.05) is 5.32 Å². The summed E-state index contributed by atoms with van der Waals surface area (Å²) in [7, 11) is 0. The number of allylic oxidation sites excluding steroid dienone is 2. The van der Waals surface area contributed by atoms with Gasteiger partial charge >= 0.3 is 0 Å². The highest BCUT2D eigenvalue weighted by molar-refractivity contribution is 5.90. The van der Waals surface area contributed by atoms with Gasteiger partial charge in [-0.2, -0.15) is 0 Å². The highest BCUT2D eigenvalue weighted by atomic mass is 16.5. The standard InChI is InChI=1S/C28H43NO4/c1-2-3-4-7-12-22(30)16-17-25-24(26-18-19-27(25)33-26)14-8-5-6-9-15-28(32)29-21-11-10-13-23(31)20-21/h5,8,10-11,13,20,22,24-27,30-31H,2-4,6-7,9,12,14-19H2,1H3,(H,29,32)/t22?,24-,25+,26-,27+/m0/s1. The Balaban J connectivity index is 1.32. The third kappa shape index (κ3) is 8.46. The molecular formula is C28H43NO4. The SMILES string of the molecule is CCCCCCC(O)CC[C@@H]1[C@H](CC=CCCCC(=O)Nc2cccc(O)c2)[C@@H]2CC[C@H]1O2. The molecule has 2 aliphatic heterocycles. The Hall–Kier alpha value is -1.85. The normalized spacial score (nSPS) is 25.0. The largest absolute Gasteiger partial charge is 0.508 e. The highest BCUT2D eigenvalue weighted by Gasteiger charge is 2.47. The topological polar surface area (TPSA) is 78.8 Å². The number of aromatic hydroxyl groups is 1. The minimum absolute atomic E-state index is 0.0242. The van der Waals surface area contributed by atoms with Gasteiger partial charge in [-0.1, -0.05) is 50.8 Å². The zero-order chi connectivity index (χ0) is 23.5. The summed E-state index contributed by atoms with van der Waals surface area (Å²) >= 11 is 0. The molecule has 5 atom stereocenters. The molecule has 33 heavy (non-hydrogen) atoms. The minimum Gasteiger partial charge on any atom is -0.508 e. The van der Waals surface area contributed by atoms with E-state index in [0.717, 1.165) is 44.9 Å². The summed E-state index contributed by atoms with van der Waals surface area (Å²) in [6.07, 6.45) is 18.4. The second-order valence-electron chi connectivity index (χ2n) is 9.90. The lowest BCUT2D eigenvalue weighted by Gasteiger charge is -2.28. The van der Waals surface area contributed by atoms with Crippen LogP contribution in [0.25, 0.3) is 0 Å². The first-order valence-corrected chi connectivity index (χ1v) is 13.1. The minimum atomic E-state index is -0.164. The number of anilines is 1. The molecule has 1 aromatic carbocycles. The number of nitrogens with one attached hydrogen (secondary N) is 1. The van der Waals surface area contributed by atoms with Crippen molar-refractivity contribution in [3.05, 3.63) is 36.4 Å². The number of unbranched alkanes of at least 4 members (excludes halogenated alkanes) is 4. The number of carbonyl (C=O) groups excluding carboxylic acids is 1. The molecule has 0 aliphatic carbocycles. The van der Waals surface area contributed by atoms with E-state index in [1.807, 2.05) is 0 Å². The van der Waals surface area contributed by atoms with Crippen molar-refractivity contribution < 1.29 is 19.7 Å². The molecule has 1 aromatic rings. The first-order valence-electron chi connectivity index (χ1n) is 13.1. The summed E-state index contributed by atoms with van der Waals surface area (Å²) in [6, 6.07) is 6.63. The van der Waals surface area contributed by atoms with Crippen LogP contribution < -0.4 is 5.32 Å². The fourth-order valence-corrected chi connectivity index (χ4v) is 5.49. The van der Waals surface area contributed by atoms with Crippen molar-refractivity contribution in [2.24, 2.45) is 11.8 Å². The van der Waals surface area contributed by atoms with Crippen LogP contribution in [0.15, 0.2) is 36.4 Å². The molecule has 3 N–H and O–H groups in total. The lowest BCUT2D eigenvalue weighted by atomic mass is 9.75. The Kier molecular flexibility index (Phi) is 10.7. The van der Waals surface area contributed by atoms with Crippen LogP contribution in [-0.4, -0.2) is 34.4 Å². The molecule has 0 radical (unpaired) electrons. The van der Waals surface area contributed by atoms with Gasteiger partial charge in [0, 0.05) is 18.2 Å². The Morgan fingerprint density at radius 2 is 1.94 bits per heavy atom. The Labute approximate surface area is 199 Å². The average molecular weight is 458 g/mol. The zero-order valence-electron chi connectivity index (χ0n) is 20.3. The van der Waals surface area contributed by atoms with E-state index < -0.39 is 0 Å². The Bertz CT molecular complexity index is 749. The maximum atomic E-state index is 12.1. The molecule has 0 saturated carbocycles. The van der Waals surface area contributed by atoms with E-state index in [2.05, 4.69) is 24.4 Å². The van der Waals surface area contributed by atoms with Crippen molar-refractivity contribution in [3.63, 3.8) is 0 Å². The summed E-state index contributed by atoms with van der Waals surface area (Å²) in [5, 5.41) is 22.7. The summed E-state index contributed by atoms with van der Waals surface area (Å²) in [5.74, 6) is 1.28. The number of carbonyl (C=O) groups is 1. The number of hydrogen-bond donors (Lipinski definition) is 3. The van der Waals surface area contributed by atoms with Gasteiger partial charge in [-0.3, -0.25) is 4.79 Å². The summed E-state index contributed by atoms with van der Waals surface area (Å²) in [4.78, 5) is 12.1. The van der Waals surface area contributed by atoms with Gasteiger partial charge in [0.25, 0.3) is 0 Å². The number of fused-ring (bicyclic) bond motifs is 2. The molecule has 1 amide bonds. The second kappa shape index (κ2) is 13.8. The molecule has 0 aromatic heterocycles. The Morgan fingerprint density at radius 1 is 1.12 bits per heavy atom. The van der Waals surface area contributed by atoms with E-state index in [1.165, 1.54) is 32.1 Å². The molecule has 2 fully saturated rings. The summed E-state index contributed by atoms with van der Waals surface area (Å²) < 4.78 is 6.23. The number of amides is 1. The molecule has 184 valence electrons. The number of aliphatic hydroxyl groups excluding tert-OH is 1. The van der Waals surface area contributed by atoms with Gasteiger partial charge in [0.2, 0.25) is 5.91 Å². The number of hydrogen-bond acceptors (Lipinski definition) is 4. The predicted octanol–water partition coefficient (Wildman–Crippen LogP) is 6.35. The van der Waals surface area contributed by atoms with Crippen molar-refractivity contribution in [1.29, 1.82) is 0 Å². The van der Waals surface area contributed by atoms with Gasteiger partial charge in [0.15, 0.2) is 0 Å². The lowest BCUT2D eigenvalue weighted by Crippen LogP contribution is -2.27. The van der Waals surface area contributed by atoms with Crippen LogP contribution in [0.3, 0.4) is 0 Å². The third-order valence-electron chi connectivity index (χ3n) is 7.29. The maximum absolute atomic E-state index is 12.1. The fraction of sp³-hybridized carbons (Fsp3) is 0.679. The van der Waals surface area contributed by atoms with Gasteiger partial charge in [-0.05, 0) is 75.3 Å². The first-order chi connectivity index (χ1) is 16.1. The molecule has 0 spiro atoms. The second-order valence-corrected chi connectivity index (χ2v) is 9.90. The monoisotopic (exact) mass is 457 g/mol. The molecule has 5 nitrogen and oxygen atoms in total. The van der Waals surface area contributed by atoms with Crippen molar-refractivity contribution in [1.82, 2.24) is 0 Å². The maximum Gasteiger partial charge on any atom is 0.224 e. The highest BCUT2D eigenvalue weighted by Crippen LogP contribution is 2.47. The van der Waals surface area contributed by atoms with E-state index in [1.54, 1.807) is 24.3 Å². The van der Waals surface area contributed by atoms with Crippen LogP contribution in [-0.2, 0) is 9.53 Å². The quantitative estimate of drug-likeness (QED) is 0.212. The van der Waals surface area contributed by atoms with Gasteiger partial charge in [-0.15, -0.1) is 0 Å². The van der Waals surface area contributed by atoms with E-state index in [-0.39, 0.29) is 17.8 Å². The zero-order valence-corrected chi connectivity index (χ0v) is 20.3. The van der Waals surface area contributed by atoms with E-state index in [0.29, 0.717) is 36.2 Å². The van der Waals surface area contributed by atoms with Crippen LogP contribution in [0.2, 0.25) is 0 Å². The van der Waals surface area contributed by atoms with Crippen LogP contribution in [0, 0.1) is 11.8 Å². The number of ether oxygens (including phenoxy) is 1. The molecule has 3 rings (SSSR count).